The minimum atomic E-state index is 0.267. The largest absolute Gasteiger partial charge is 0.240 e. The molecule has 2 nitrogen and oxygen atoms in total. The second-order valence-corrected chi connectivity index (χ2v) is 8.05. The number of halogens is 2. The fourth-order valence-electron chi connectivity index (χ4n) is 4.99. The van der Waals surface area contributed by atoms with Crippen LogP contribution >= 0.6 is 34.2 Å². The van der Waals surface area contributed by atoms with Crippen LogP contribution in [0, 0.1) is 21.3 Å². The van der Waals surface area contributed by atoms with Crippen LogP contribution in [0.1, 0.15) is 44.3 Å². The van der Waals surface area contributed by atoms with Crippen molar-refractivity contribution in [1.82, 2.24) is 9.97 Å². The number of hydrogen-bond donors (Lipinski definition) is 0. The Morgan fingerprint density at radius 3 is 2.17 bits per heavy atom. The summed E-state index contributed by atoms with van der Waals surface area (Å²) < 4.78 is 0.961. The predicted octanol–water partition coefficient (Wildman–Crippen LogP) is 4.20. The van der Waals surface area contributed by atoms with E-state index in [1.165, 1.54) is 38.5 Å². The summed E-state index contributed by atoms with van der Waals surface area (Å²) in [6.45, 7) is 0. The molecule has 0 aromatic carbocycles. The van der Waals surface area contributed by atoms with E-state index in [4.69, 9.17) is 11.6 Å². The van der Waals surface area contributed by atoms with E-state index in [9.17, 15) is 0 Å². The third-order valence-corrected chi connectivity index (χ3v) is 6.61. The van der Waals surface area contributed by atoms with E-state index < -0.39 is 0 Å². The van der Waals surface area contributed by atoms with Gasteiger partial charge in [0.25, 0.3) is 0 Å². The Morgan fingerprint density at radius 2 is 1.67 bits per heavy atom. The lowest BCUT2D eigenvalue weighted by Crippen LogP contribution is -2.49. The lowest BCUT2D eigenvalue weighted by molar-refractivity contribution is -0.00941. The number of aromatic nitrogens is 2. The van der Waals surface area contributed by atoms with Crippen molar-refractivity contribution in [3.63, 3.8) is 0 Å². The monoisotopic (exact) mass is 374 g/mol. The maximum Gasteiger partial charge on any atom is 0.146 e. The molecule has 1 heterocycles. The summed E-state index contributed by atoms with van der Waals surface area (Å²) in [5.41, 5.74) is 0.267. The summed E-state index contributed by atoms with van der Waals surface area (Å²) in [5.74, 6) is 3.82. The summed E-state index contributed by atoms with van der Waals surface area (Å²) in [6, 6.07) is 0. The van der Waals surface area contributed by atoms with Crippen LogP contribution < -0.4 is 0 Å². The first-order chi connectivity index (χ1) is 8.64. The van der Waals surface area contributed by atoms with E-state index in [1.54, 1.807) is 0 Å². The molecule has 4 aliphatic carbocycles. The molecular weight excluding hydrogens is 359 g/mol. The molecule has 4 heteroatoms. The molecule has 0 aliphatic heterocycles. The quantitative estimate of drug-likeness (QED) is 0.544. The number of nitrogens with zero attached hydrogens (tertiary/aromatic N) is 2. The predicted molar refractivity (Wildman–Crippen MR) is 79.6 cm³/mol. The smallest absolute Gasteiger partial charge is 0.146 e. The zero-order valence-electron chi connectivity index (χ0n) is 10.2. The average Bonchev–Trinajstić information content (AvgIpc) is 2.31. The molecule has 4 fully saturated rings. The Labute approximate surface area is 126 Å². The number of rotatable bonds is 1. The van der Waals surface area contributed by atoms with Crippen molar-refractivity contribution >= 4 is 34.2 Å². The van der Waals surface area contributed by atoms with E-state index in [-0.39, 0.29) is 5.41 Å². The Balaban J connectivity index is 1.76. The molecule has 1 aromatic rings. The molecule has 0 atom stereocenters. The SMILES string of the molecule is Clc1nc(C23CC4CC(CC(C4)C2)C3)ncc1I. The third-order valence-electron chi connectivity index (χ3n) is 5.21. The second kappa shape index (κ2) is 4.05. The Kier molecular flexibility index (Phi) is 2.67. The van der Waals surface area contributed by atoms with Gasteiger partial charge in [-0.3, -0.25) is 0 Å². The van der Waals surface area contributed by atoms with Gasteiger partial charge in [0.2, 0.25) is 0 Å². The first kappa shape index (κ1) is 11.9. The first-order valence-electron chi connectivity index (χ1n) is 6.83. The van der Waals surface area contributed by atoms with E-state index in [0.717, 1.165) is 27.1 Å². The average molecular weight is 375 g/mol. The van der Waals surface area contributed by atoms with Gasteiger partial charge >= 0.3 is 0 Å². The maximum absolute atomic E-state index is 6.20. The highest BCUT2D eigenvalue weighted by Crippen LogP contribution is 2.60. The van der Waals surface area contributed by atoms with Crippen molar-refractivity contribution in [2.45, 2.75) is 43.9 Å². The van der Waals surface area contributed by atoms with E-state index >= 15 is 0 Å². The van der Waals surface area contributed by atoms with Crippen LogP contribution in [0.4, 0.5) is 0 Å². The van der Waals surface area contributed by atoms with E-state index in [0.29, 0.717) is 5.15 Å². The lowest BCUT2D eigenvalue weighted by atomic mass is 9.49. The molecule has 0 N–H and O–H groups in total. The Morgan fingerprint density at radius 1 is 1.11 bits per heavy atom. The van der Waals surface area contributed by atoms with Gasteiger partial charge in [-0.05, 0) is 78.9 Å². The standard InChI is InChI=1S/C14H16ClIN2/c15-12-11(16)7-17-13(18-12)14-4-8-1-9(5-14)3-10(2-8)6-14/h7-10H,1-6H2. The van der Waals surface area contributed by atoms with Gasteiger partial charge in [0.15, 0.2) is 0 Å². The van der Waals surface area contributed by atoms with Crippen molar-refractivity contribution in [2.24, 2.45) is 17.8 Å². The molecule has 0 spiro atoms. The van der Waals surface area contributed by atoms with Gasteiger partial charge in [0, 0.05) is 11.6 Å². The molecular formula is C14H16ClIN2. The van der Waals surface area contributed by atoms with Crippen LogP contribution in [0.3, 0.4) is 0 Å². The van der Waals surface area contributed by atoms with Crippen LogP contribution in [0.2, 0.25) is 5.15 Å². The summed E-state index contributed by atoms with van der Waals surface area (Å²) >= 11 is 8.40. The topological polar surface area (TPSA) is 25.8 Å². The van der Waals surface area contributed by atoms with Crippen LogP contribution in [0.25, 0.3) is 0 Å². The van der Waals surface area contributed by atoms with Crippen LogP contribution in [-0.2, 0) is 5.41 Å². The van der Waals surface area contributed by atoms with Crippen molar-refractivity contribution in [2.75, 3.05) is 0 Å². The fourth-order valence-corrected chi connectivity index (χ4v) is 5.38. The Hall–Kier alpha value is 0.100. The molecule has 18 heavy (non-hydrogen) atoms. The van der Waals surface area contributed by atoms with E-state index in [2.05, 4.69) is 32.6 Å². The molecule has 4 aliphatic rings. The minimum absolute atomic E-state index is 0.267. The summed E-state index contributed by atoms with van der Waals surface area (Å²) in [7, 11) is 0. The van der Waals surface area contributed by atoms with Gasteiger partial charge in [-0.25, -0.2) is 9.97 Å². The fraction of sp³-hybridized carbons (Fsp3) is 0.714. The molecule has 0 unspecified atom stereocenters. The lowest BCUT2D eigenvalue weighted by Gasteiger charge is -2.55. The summed E-state index contributed by atoms with van der Waals surface area (Å²) in [5, 5.41) is 0.636. The first-order valence-corrected chi connectivity index (χ1v) is 8.29. The van der Waals surface area contributed by atoms with Crippen LogP contribution in [0.5, 0.6) is 0 Å². The highest BCUT2D eigenvalue weighted by atomic mass is 127. The van der Waals surface area contributed by atoms with Gasteiger partial charge < -0.3 is 0 Å². The second-order valence-electron chi connectivity index (χ2n) is 6.53. The molecule has 4 saturated carbocycles. The molecule has 1 aromatic heterocycles. The Bertz CT molecular complexity index is 467. The zero-order valence-corrected chi connectivity index (χ0v) is 13.1. The summed E-state index contributed by atoms with van der Waals surface area (Å²) in [4.78, 5) is 9.24. The van der Waals surface area contributed by atoms with E-state index in [1.807, 2.05) is 6.20 Å². The van der Waals surface area contributed by atoms with Gasteiger partial charge in [-0.15, -0.1) is 0 Å². The third kappa shape index (κ3) is 1.73. The van der Waals surface area contributed by atoms with Gasteiger partial charge in [-0.1, -0.05) is 11.6 Å². The molecule has 4 bridgehead atoms. The molecule has 96 valence electrons. The zero-order chi connectivity index (χ0) is 12.3. The van der Waals surface area contributed by atoms with Gasteiger partial charge in [0.1, 0.15) is 11.0 Å². The highest BCUT2D eigenvalue weighted by Gasteiger charge is 2.53. The van der Waals surface area contributed by atoms with Crippen molar-refractivity contribution in [3.8, 4) is 0 Å². The molecule has 0 amide bonds. The normalized spacial score (nSPS) is 41.3. The van der Waals surface area contributed by atoms with Crippen molar-refractivity contribution in [3.05, 3.63) is 20.7 Å². The highest BCUT2D eigenvalue weighted by molar-refractivity contribution is 14.1. The van der Waals surface area contributed by atoms with Crippen molar-refractivity contribution in [1.29, 1.82) is 0 Å². The number of hydrogen-bond acceptors (Lipinski definition) is 2. The summed E-state index contributed by atoms with van der Waals surface area (Å²) in [6.07, 6.45) is 10.2. The van der Waals surface area contributed by atoms with Gasteiger partial charge in [-0.2, -0.15) is 0 Å². The van der Waals surface area contributed by atoms with Crippen LogP contribution in [0.15, 0.2) is 6.20 Å². The molecule has 5 rings (SSSR count). The minimum Gasteiger partial charge on any atom is -0.240 e. The van der Waals surface area contributed by atoms with Crippen molar-refractivity contribution < 1.29 is 0 Å². The molecule has 0 radical (unpaired) electrons. The van der Waals surface area contributed by atoms with Crippen LogP contribution in [-0.4, -0.2) is 9.97 Å². The maximum atomic E-state index is 6.20. The molecule has 0 saturated heterocycles. The van der Waals surface area contributed by atoms with Gasteiger partial charge in [0.05, 0.1) is 3.57 Å².